The summed E-state index contributed by atoms with van der Waals surface area (Å²) in [6.07, 6.45) is 0.542. The second-order valence-corrected chi connectivity index (χ2v) is 10.4. The molecule has 0 saturated heterocycles. The van der Waals surface area contributed by atoms with Gasteiger partial charge >= 0.3 is 0 Å². The first kappa shape index (κ1) is 27.4. The maximum Gasteiger partial charge on any atom is 0.247 e. The number of halogens is 1. The molecule has 0 unspecified atom stereocenters. The van der Waals surface area contributed by atoms with Crippen LogP contribution in [0, 0.1) is 0 Å². The lowest BCUT2D eigenvalue weighted by molar-refractivity contribution is -0.141. The zero-order chi connectivity index (χ0) is 26.1. The van der Waals surface area contributed by atoms with Gasteiger partial charge < -0.3 is 10.2 Å². The van der Waals surface area contributed by atoms with E-state index in [-0.39, 0.29) is 29.7 Å². The summed E-state index contributed by atoms with van der Waals surface area (Å²) in [5.41, 5.74) is 2.37. The number of nitrogens with one attached hydrogen (secondary N) is 2. The van der Waals surface area contributed by atoms with E-state index in [1.165, 1.54) is 12.1 Å². The molecule has 9 heteroatoms. The van der Waals surface area contributed by atoms with Gasteiger partial charge in [-0.3, -0.25) is 9.59 Å². The highest BCUT2D eigenvalue weighted by Crippen LogP contribution is 2.25. The van der Waals surface area contributed by atoms with Crippen molar-refractivity contribution in [1.82, 2.24) is 14.9 Å². The minimum atomic E-state index is -3.54. The second kappa shape index (κ2) is 12.7. The molecule has 0 aliphatic rings. The van der Waals surface area contributed by atoms with Gasteiger partial charge in [-0.15, -0.1) is 0 Å². The molecule has 2 amide bonds. The normalized spacial score (nSPS) is 12.1. The summed E-state index contributed by atoms with van der Waals surface area (Å²) in [6.45, 7) is 2.24. The van der Waals surface area contributed by atoms with Crippen LogP contribution in [0.25, 0.3) is 0 Å². The van der Waals surface area contributed by atoms with E-state index in [1.54, 1.807) is 43.1 Å². The predicted molar refractivity (Wildman–Crippen MR) is 141 cm³/mol. The molecule has 3 aromatic rings. The molecule has 1 atom stereocenters. The standard InChI is InChI=1S/C27H30ClN3O4S/c1-3-30-36(34,35)24-16-11-20(12-17-24)13-18-25(32)31(19-21-9-14-23(28)15-10-21)26(27(33)29-2)22-7-5-4-6-8-22/h4-12,14-17,26,30H,3,13,18-19H2,1-2H3,(H,29,33)/t26-/m1/s1. The molecule has 0 spiro atoms. The average Bonchev–Trinajstić information content (AvgIpc) is 2.88. The molecule has 0 aliphatic carbocycles. The maximum absolute atomic E-state index is 13.5. The van der Waals surface area contributed by atoms with Crippen LogP contribution < -0.4 is 10.0 Å². The molecule has 0 aliphatic heterocycles. The van der Waals surface area contributed by atoms with Crippen LogP contribution in [0.2, 0.25) is 5.02 Å². The molecule has 0 fully saturated rings. The fourth-order valence-corrected chi connectivity index (χ4v) is 5.03. The molecule has 0 aromatic heterocycles. The smallest absolute Gasteiger partial charge is 0.247 e. The molecule has 7 nitrogen and oxygen atoms in total. The van der Waals surface area contributed by atoms with Crippen molar-refractivity contribution in [3.05, 3.63) is 101 Å². The number of benzene rings is 3. The van der Waals surface area contributed by atoms with Crippen molar-refractivity contribution in [1.29, 1.82) is 0 Å². The Hall–Kier alpha value is -3.20. The molecule has 0 bridgehead atoms. The van der Waals surface area contributed by atoms with Crippen molar-refractivity contribution in [2.75, 3.05) is 13.6 Å². The number of hydrogen-bond acceptors (Lipinski definition) is 4. The predicted octanol–water partition coefficient (Wildman–Crippen LogP) is 4.09. The van der Waals surface area contributed by atoms with E-state index < -0.39 is 16.1 Å². The number of nitrogens with zero attached hydrogens (tertiary/aromatic N) is 1. The van der Waals surface area contributed by atoms with Crippen LogP contribution in [0.3, 0.4) is 0 Å². The second-order valence-electron chi connectivity index (χ2n) is 8.22. The van der Waals surface area contributed by atoms with Crippen molar-refractivity contribution in [3.63, 3.8) is 0 Å². The van der Waals surface area contributed by atoms with Crippen molar-refractivity contribution in [2.24, 2.45) is 0 Å². The monoisotopic (exact) mass is 527 g/mol. The van der Waals surface area contributed by atoms with Crippen LogP contribution in [-0.2, 0) is 32.6 Å². The van der Waals surface area contributed by atoms with Crippen molar-refractivity contribution in [3.8, 4) is 0 Å². The zero-order valence-corrected chi connectivity index (χ0v) is 21.9. The quantitative estimate of drug-likeness (QED) is 0.392. The summed E-state index contributed by atoms with van der Waals surface area (Å²) >= 11 is 6.03. The topological polar surface area (TPSA) is 95.6 Å². The molecule has 3 rings (SSSR count). The van der Waals surface area contributed by atoms with E-state index in [9.17, 15) is 18.0 Å². The zero-order valence-electron chi connectivity index (χ0n) is 20.3. The van der Waals surface area contributed by atoms with E-state index in [1.807, 2.05) is 42.5 Å². The first-order valence-corrected chi connectivity index (χ1v) is 13.5. The molecule has 0 saturated carbocycles. The summed E-state index contributed by atoms with van der Waals surface area (Å²) in [5, 5.41) is 3.27. The summed E-state index contributed by atoms with van der Waals surface area (Å²) in [7, 11) is -2.00. The Bertz CT molecular complexity index is 1260. The summed E-state index contributed by atoms with van der Waals surface area (Å²) in [5.74, 6) is -0.492. The van der Waals surface area contributed by atoms with Crippen LogP contribution in [0.15, 0.2) is 83.8 Å². The Morgan fingerprint density at radius 1 is 0.917 bits per heavy atom. The Kier molecular flexibility index (Phi) is 9.64. The fraction of sp³-hybridized carbons (Fsp3) is 0.259. The molecule has 3 aromatic carbocycles. The van der Waals surface area contributed by atoms with Crippen LogP contribution in [0.1, 0.15) is 36.1 Å². The molecule has 2 N–H and O–H groups in total. The number of likely N-dealkylation sites (N-methyl/N-ethyl adjacent to an activating group) is 1. The third kappa shape index (κ3) is 7.16. The summed E-state index contributed by atoms with van der Waals surface area (Å²) < 4.78 is 26.8. The molecule has 0 radical (unpaired) electrons. The average molecular weight is 528 g/mol. The van der Waals surface area contributed by atoms with Gasteiger partial charge in [0, 0.05) is 31.6 Å². The van der Waals surface area contributed by atoms with Crippen molar-refractivity contribution >= 4 is 33.4 Å². The minimum Gasteiger partial charge on any atom is -0.357 e. The van der Waals surface area contributed by atoms with Crippen molar-refractivity contribution in [2.45, 2.75) is 37.2 Å². The van der Waals surface area contributed by atoms with E-state index in [2.05, 4.69) is 10.0 Å². The third-order valence-electron chi connectivity index (χ3n) is 5.70. The highest BCUT2D eigenvalue weighted by atomic mass is 35.5. The lowest BCUT2D eigenvalue weighted by Crippen LogP contribution is -2.42. The number of rotatable bonds is 11. The Morgan fingerprint density at radius 2 is 1.53 bits per heavy atom. The van der Waals surface area contributed by atoms with Gasteiger partial charge in [0.2, 0.25) is 21.8 Å². The van der Waals surface area contributed by atoms with Crippen LogP contribution >= 0.6 is 11.6 Å². The van der Waals surface area contributed by atoms with E-state index in [0.717, 1.165) is 11.1 Å². The number of carbonyl (C=O) groups excluding carboxylic acids is 2. The lowest BCUT2D eigenvalue weighted by Gasteiger charge is -2.31. The van der Waals surface area contributed by atoms with Gasteiger partial charge in [-0.2, -0.15) is 0 Å². The van der Waals surface area contributed by atoms with Gasteiger partial charge in [0.05, 0.1) is 4.90 Å². The van der Waals surface area contributed by atoms with E-state index in [0.29, 0.717) is 23.6 Å². The fourth-order valence-electron chi connectivity index (χ4n) is 3.86. The number of amides is 2. The number of carbonyl (C=O) groups is 2. The first-order valence-electron chi connectivity index (χ1n) is 11.6. The molecule has 0 heterocycles. The molecule has 190 valence electrons. The minimum absolute atomic E-state index is 0.146. The Labute approximate surface area is 217 Å². The highest BCUT2D eigenvalue weighted by Gasteiger charge is 2.30. The molecule has 36 heavy (non-hydrogen) atoms. The van der Waals surface area contributed by atoms with E-state index in [4.69, 9.17) is 11.6 Å². The largest absolute Gasteiger partial charge is 0.357 e. The first-order chi connectivity index (χ1) is 17.2. The van der Waals surface area contributed by atoms with Gasteiger partial charge in [-0.05, 0) is 47.4 Å². The molecular weight excluding hydrogens is 498 g/mol. The number of sulfonamides is 1. The van der Waals surface area contributed by atoms with Gasteiger partial charge in [0.15, 0.2) is 0 Å². The highest BCUT2D eigenvalue weighted by molar-refractivity contribution is 7.89. The number of aryl methyl sites for hydroxylation is 1. The Morgan fingerprint density at radius 3 is 2.11 bits per heavy atom. The summed E-state index contributed by atoms with van der Waals surface area (Å²) in [4.78, 5) is 28.3. The van der Waals surface area contributed by atoms with Crippen LogP contribution in [0.5, 0.6) is 0 Å². The van der Waals surface area contributed by atoms with Crippen molar-refractivity contribution < 1.29 is 18.0 Å². The summed E-state index contributed by atoms with van der Waals surface area (Å²) in [6, 6.07) is 22.0. The van der Waals surface area contributed by atoms with E-state index >= 15 is 0 Å². The third-order valence-corrected chi connectivity index (χ3v) is 7.52. The van der Waals surface area contributed by atoms with Gasteiger partial charge in [-0.25, -0.2) is 13.1 Å². The molecular formula is C27H30ClN3O4S. The van der Waals surface area contributed by atoms with Crippen LogP contribution in [-0.4, -0.2) is 38.7 Å². The van der Waals surface area contributed by atoms with Crippen LogP contribution in [0.4, 0.5) is 0 Å². The lowest BCUT2D eigenvalue weighted by atomic mass is 10.0. The number of hydrogen-bond donors (Lipinski definition) is 2. The Balaban J connectivity index is 1.85. The van der Waals surface area contributed by atoms with Gasteiger partial charge in [-0.1, -0.05) is 73.1 Å². The SMILES string of the molecule is CCNS(=O)(=O)c1ccc(CCC(=O)N(Cc2ccc(Cl)cc2)[C@@H](C(=O)NC)c2ccccc2)cc1. The van der Waals surface area contributed by atoms with Gasteiger partial charge in [0.25, 0.3) is 0 Å². The maximum atomic E-state index is 13.5. The van der Waals surface area contributed by atoms with Gasteiger partial charge in [0.1, 0.15) is 6.04 Å².